The molecule has 9 saturated carbocycles. The Morgan fingerprint density at radius 1 is 0.425 bits per heavy atom. The van der Waals surface area contributed by atoms with E-state index in [0.29, 0.717) is 57.8 Å². The van der Waals surface area contributed by atoms with Crippen LogP contribution in [0.5, 0.6) is 0 Å². The first-order valence-electron chi connectivity index (χ1n) is 40.5. The summed E-state index contributed by atoms with van der Waals surface area (Å²) in [6, 6.07) is 0. The standard InChI is InChI=1S/2C28H39FO6.C22H31FO4.3C3H8/c2*1-6-23(32)34-16-22(31)28(35-24(33)7-2)17(3)14-20-19-12-11-18-10-8-9-13-25(18,4)27(19,29)21(30)15-26(20,28)5;1-13-10-16-15-8-7-14-6-4-5-9-19(14,2)21(15,23)17(25)11-20(16,3)22(13,27)18(26)12-24;3*1-3-2/h2*8-10,17,19-21,30H,6-7,11-16H2,1-5H3;4-6,13,15-17,24-25,27H,7-12H2,1-3H3;3*3H2,1-2H3/t2*17-,19-,20-,21-,25-,26-,27-,28-;13-,15-,16-,17-,19-,20-,21-,22-;;;/m000.../s1. The third-order valence-corrected chi connectivity index (χ3v) is 28.9. The van der Waals surface area contributed by atoms with E-state index in [1.807, 2.05) is 117 Å². The van der Waals surface area contributed by atoms with Gasteiger partial charge in [-0.05, 0) is 120 Å². The number of Topliss-reactive ketones (excluding diaryl/α,β-unsaturated/α-hetero) is 3. The molecule has 106 heavy (non-hydrogen) atoms. The van der Waals surface area contributed by atoms with E-state index in [1.54, 1.807) is 27.7 Å². The maximum absolute atomic E-state index is 17.4. The van der Waals surface area contributed by atoms with E-state index in [2.05, 4.69) is 41.5 Å². The second kappa shape index (κ2) is 33.5. The topological polar surface area (TPSA) is 258 Å². The molecule has 0 radical (unpaired) electrons. The number of carbonyl (C=O) groups excluding carboxylic acids is 7. The van der Waals surface area contributed by atoms with Gasteiger partial charge in [0.1, 0.15) is 29.2 Å². The van der Waals surface area contributed by atoms with Gasteiger partial charge in [-0.3, -0.25) is 33.6 Å². The maximum Gasteiger partial charge on any atom is 0.306 e. The van der Waals surface area contributed by atoms with Crippen LogP contribution in [0.1, 0.15) is 273 Å². The molecule has 12 rings (SSSR count). The van der Waals surface area contributed by atoms with E-state index >= 15 is 13.2 Å². The van der Waals surface area contributed by atoms with Crippen molar-refractivity contribution in [3.8, 4) is 0 Å². The van der Waals surface area contributed by atoms with Crippen LogP contribution in [-0.2, 0) is 52.5 Å². The van der Waals surface area contributed by atoms with Crippen molar-refractivity contribution >= 4 is 41.2 Å². The van der Waals surface area contributed by atoms with E-state index in [4.69, 9.17) is 18.9 Å². The highest BCUT2D eigenvalue weighted by Crippen LogP contribution is 2.75. The molecule has 0 aromatic rings. The minimum absolute atomic E-state index is 0.00789. The van der Waals surface area contributed by atoms with Crippen LogP contribution in [0, 0.1) is 85.8 Å². The van der Waals surface area contributed by atoms with Crippen molar-refractivity contribution < 1.29 is 91.2 Å². The lowest BCUT2D eigenvalue weighted by atomic mass is 9.44. The van der Waals surface area contributed by atoms with Gasteiger partial charge in [0.25, 0.3) is 0 Å². The lowest BCUT2D eigenvalue weighted by Crippen LogP contribution is -2.70. The van der Waals surface area contributed by atoms with Crippen LogP contribution in [0.2, 0.25) is 0 Å². The van der Waals surface area contributed by atoms with Crippen LogP contribution in [0.15, 0.2) is 71.4 Å². The van der Waals surface area contributed by atoms with Crippen LogP contribution in [0.4, 0.5) is 13.2 Å². The van der Waals surface area contributed by atoms with E-state index in [0.717, 1.165) is 36.0 Å². The van der Waals surface area contributed by atoms with Crippen molar-refractivity contribution in [1.82, 2.24) is 0 Å². The number of alkyl halides is 3. The molecule has 0 bridgehead atoms. The molecule has 0 amide bonds. The summed E-state index contributed by atoms with van der Waals surface area (Å²) in [6.45, 7) is 34.4. The molecule has 0 spiro atoms. The van der Waals surface area contributed by atoms with Crippen molar-refractivity contribution in [2.75, 3.05) is 19.8 Å². The maximum atomic E-state index is 17.4. The number of allylic oxidation sites excluding steroid dienone is 12. The summed E-state index contributed by atoms with van der Waals surface area (Å²) in [6.07, 6.45) is 25.1. The molecule has 0 aromatic heterocycles. The number of hydrogen-bond acceptors (Lipinski definition) is 16. The first-order chi connectivity index (χ1) is 49.6. The zero-order chi connectivity index (χ0) is 79.6. The zero-order valence-electron chi connectivity index (χ0n) is 67.7. The number of hydrogen-bond donors (Lipinski definition) is 5. The Labute approximate surface area is 631 Å². The molecule has 24 atom stereocenters. The summed E-state index contributed by atoms with van der Waals surface area (Å²) in [7, 11) is 0. The largest absolute Gasteiger partial charge is 0.457 e. The van der Waals surface area contributed by atoms with Gasteiger partial charge < -0.3 is 44.5 Å². The molecule has 0 saturated heterocycles. The molecule has 19 heteroatoms. The van der Waals surface area contributed by atoms with Crippen LogP contribution >= 0.6 is 0 Å². The van der Waals surface area contributed by atoms with Crippen LogP contribution < -0.4 is 0 Å². The molecule has 0 aliphatic heterocycles. The van der Waals surface area contributed by atoms with E-state index in [-0.39, 0.29) is 68.6 Å². The predicted molar refractivity (Wildman–Crippen MR) is 403 cm³/mol. The minimum Gasteiger partial charge on any atom is -0.457 e. The van der Waals surface area contributed by atoms with Crippen molar-refractivity contribution in [3.05, 3.63) is 71.4 Å². The third-order valence-electron chi connectivity index (χ3n) is 28.9. The highest BCUT2D eigenvalue weighted by Gasteiger charge is 2.80. The molecular formula is C87H133F3O16. The number of rotatable bonds is 14. The molecular weight excluding hydrogens is 1360 g/mol. The Kier molecular flexibility index (Phi) is 27.8. The number of ether oxygens (including phenoxy) is 4. The van der Waals surface area contributed by atoms with Gasteiger partial charge in [0, 0.05) is 87.8 Å². The fourth-order valence-corrected chi connectivity index (χ4v) is 23.8. The molecule has 0 unspecified atom stereocenters. The van der Waals surface area contributed by atoms with E-state index < -0.39 is 175 Å². The summed E-state index contributed by atoms with van der Waals surface area (Å²) in [5.74, 6) is -7.00. The number of aliphatic hydroxyl groups excluding tert-OH is 4. The average Bonchev–Trinajstić information content (AvgIpc) is 1.44. The fourth-order valence-electron chi connectivity index (χ4n) is 23.8. The minimum atomic E-state index is -1.85. The second-order valence-electron chi connectivity index (χ2n) is 34.8. The normalized spacial score (nSPS) is 43.3. The number of halogens is 3. The van der Waals surface area contributed by atoms with Crippen LogP contribution in [0.25, 0.3) is 0 Å². The van der Waals surface area contributed by atoms with Crippen LogP contribution in [-0.4, -0.2) is 139 Å². The number of aliphatic hydroxyl groups is 5. The monoisotopic (exact) mass is 1490 g/mol. The third kappa shape index (κ3) is 13.5. The molecule has 598 valence electrons. The Hall–Kier alpha value is -5.08. The summed E-state index contributed by atoms with van der Waals surface area (Å²) in [4.78, 5) is 89.1. The molecule has 0 heterocycles. The van der Waals surface area contributed by atoms with Crippen molar-refractivity contribution in [2.24, 2.45) is 85.8 Å². The number of esters is 4. The Balaban J connectivity index is 0.000000211. The molecule has 9 fully saturated rings. The lowest BCUT2D eigenvalue weighted by molar-refractivity contribution is -0.234. The number of fused-ring (bicyclic) bond motifs is 15. The van der Waals surface area contributed by atoms with Gasteiger partial charge in [0.2, 0.25) is 11.6 Å². The average molecular weight is 1490 g/mol. The molecule has 5 N–H and O–H groups in total. The van der Waals surface area contributed by atoms with Crippen molar-refractivity contribution in [2.45, 2.75) is 325 Å². The first kappa shape index (κ1) is 88.1. The van der Waals surface area contributed by atoms with Crippen molar-refractivity contribution in [1.29, 1.82) is 0 Å². The van der Waals surface area contributed by atoms with Gasteiger partial charge in [-0.1, -0.05) is 222 Å². The van der Waals surface area contributed by atoms with Gasteiger partial charge in [-0.2, -0.15) is 0 Å². The molecule has 12 aliphatic carbocycles. The summed E-state index contributed by atoms with van der Waals surface area (Å²) in [5, 5.41) is 55.1. The summed E-state index contributed by atoms with van der Waals surface area (Å²) < 4.78 is 74.0. The fraction of sp³-hybridized carbons (Fsp3) is 0.782. The Bertz CT molecular complexity index is 3250. The Morgan fingerprint density at radius 2 is 0.698 bits per heavy atom. The smallest absolute Gasteiger partial charge is 0.306 e. The van der Waals surface area contributed by atoms with Gasteiger partial charge in [-0.15, -0.1) is 0 Å². The summed E-state index contributed by atoms with van der Waals surface area (Å²) in [5.41, 5.74) is -12.6. The quantitative estimate of drug-likeness (QED) is 0.0800. The predicted octanol–water partition coefficient (Wildman–Crippen LogP) is 16.2. The highest BCUT2D eigenvalue weighted by molar-refractivity contribution is 5.95. The summed E-state index contributed by atoms with van der Waals surface area (Å²) >= 11 is 0. The van der Waals surface area contributed by atoms with Crippen LogP contribution in [0.3, 0.4) is 0 Å². The number of carbonyl (C=O) groups is 7. The van der Waals surface area contributed by atoms with Crippen molar-refractivity contribution in [3.63, 3.8) is 0 Å². The second-order valence-corrected chi connectivity index (χ2v) is 34.8. The van der Waals surface area contributed by atoms with E-state index in [1.165, 1.54) is 19.3 Å². The molecule has 12 aliphatic rings. The zero-order valence-corrected chi connectivity index (χ0v) is 67.7. The van der Waals surface area contributed by atoms with Gasteiger partial charge in [-0.25, -0.2) is 13.2 Å². The first-order valence-corrected chi connectivity index (χ1v) is 40.5. The molecule has 16 nitrogen and oxygen atoms in total. The molecule has 0 aromatic carbocycles. The lowest BCUT2D eigenvalue weighted by Gasteiger charge is -2.63. The van der Waals surface area contributed by atoms with Gasteiger partial charge >= 0.3 is 23.9 Å². The number of ketones is 3. The highest BCUT2D eigenvalue weighted by atomic mass is 19.2. The van der Waals surface area contributed by atoms with Gasteiger partial charge in [0.15, 0.2) is 30.2 Å². The SMILES string of the molecule is CCC.CCC.CCC.CCC(=O)OCC(=O)[C@@]1(OC(=O)CC)[C@@H](C)C[C@H]2[C@@H]3CCC4=CC=CC[C@]4(C)[C@@]3(F)[C@@H](O)C[C@@]21C.CCC(=O)OCC(=O)[C@@]1(OC(=O)CC)[C@@H](C)C[C@H]2[C@@H]3CCC4=CC=CC[C@]4(C)[C@@]3(F)[C@@H](O)C[C@@]21C.C[C@H]1C[C@H]2[C@@H]3CCC4=CC=CC[C@]4(C)[C@@]3(F)[C@@H](O)C[C@]2(C)[C@@]1(O)C(=O)CO. The Morgan fingerprint density at radius 3 is 0.981 bits per heavy atom. The van der Waals surface area contributed by atoms with E-state index in [9.17, 15) is 59.1 Å². The van der Waals surface area contributed by atoms with Gasteiger partial charge in [0.05, 0.1) is 18.3 Å².